The minimum Gasteiger partial charge on any atom is -0.460 e. The van der Waals surface area contributed by atoms with Gasteiger partial charge in [-0.25, -0.2) is 4.79 Å². The summed E-state index contributed by atoms with van der Waals surface area (Å²) in [6.45, 7) is 12.7. The third-order valence-corrected chi connectivity index (χ3v) is 3.95. The average molecular weight is 383 g/mol. The minimum atomic E-state index is -0.748. The zero-order chi connectivity index (χ0) is 20.6. The summed E-state index contributed by atoms with van der Waals surface area (Å²) in [4.78, 5) is 36.9. The molecule has 0 heterocycles. The van der Waals surface area contributed by atoms with Gasteiger partial charge in [0, 0.05) is 12.5 Å². The van der Waals surface area contributed by atoms with Crippen LogP contribution in [0.2, 0.25) is 0 Å². The Bertz CT molecular complexity index is 535. The van der Waals surface area contributed by atoms with Crippen molar-refractivity contribution in [3.05, 3.63) is 12.7 Å². The molecule has 1 aliphatic carbocycles. The van der Waals surface area contributed by atoms with E-state index in [-0.39, 0.29) is 36.9 Å². The van der Waals surface area contributed by atoms with Crippen molar-refractivity contribution in [3.63, 3.8) is 0 Å². The Kier molecular flexibility index (Phi) is 8.96. The highest BCUT2D eigenvalue weighted by Gasteiger charge is 2.32. The van der Waals surface area contributed by atoms with Crippen molar-refractivity contribution >= 4 is 17.8 Å². The largest absolute Gasteiger partial charge is 0.460 e. The van der Waals surface area contributed by atoms with E-state index in [2.05, 4.69) is 17.2 Å². The van der Waals surface area contributed by atoms with Crippen molar-refractivity contribution in [2.45, 2.75) is 84.0 Å². The number of rotatable bonds is 11. The Balaban J connectivity index is 2.67. The van der Waals surface area contributed by atoms with E-state index in [9.17, 15) is 14.4 Å². The normalized spacial score (nSPS) is 16.4. The van der Waals surface area contributed by atoms with Crippen LogP contribution in [0, 0.1) is 5.92 Å². The fraction of sp³-hybridized carbons (Fsp3) is 0.750. The van der Waals surface area contributed by atoms with Crippen LogP contribution in [0.4, 0.5) is 0 Å². The highest BCUT2D eigenvalue weighted by Crippen LogP contribution is 2.21. The molecule has 0 unspecified atom stereocenters. The highest BCUT2D eigenvalue weighted by molar-refractivity contribution is 5.88. The van der Waals surface area contributed by atoms with E-state index in [0.29, 0.717) is 6.42 Å². The molecule has 1 amide bonds. The zero-order valence-electron chi connectivity index (χ0n) is 17.2. The first-order chi connectivity index (χ1) is 12.5. The standard InChI is InChI=1S/C20H34N2O5/c1-7-12-26-19(25)17(13(2)3)22-18(24)15(21-14-8-9-14)10-11-16(23)27-20(4,5)6/h7,13-15,17,21H,1,8-12H2,2-6H3,(H,22,24)/t15-,17-/m0/s1. The molecule has 154 valence electrons. The maximum Gasteiger partial charge on any atom is 0.329 e. The molecule has 1 fully saturated rings. The van der Waals surface area contributed by atoms with Gasteiger partial charge in [0.05, 0.1) is 6.04 Å². The quantitative estimate of drug-likeness (QED) is 0.420. The van der Waals surface area contributed by atoms with Gasteiger partial charge >= 0.3 is 11.9 Å². The first-order valence-electron chi connectivity index (χ1n) is 9.59. The lowest BCUT2D eigenvalue weighted by Crippen LogP contribution is -2.53. The Morgan fingerprint density at radius 1 is 1.22 bits per heavy atom. The predicted octanol–water partition coefficient (Wildman–Crippen LogP) is 2.10. The van der Waals surface area contributed by atoms with Gasteiger partial charge in [-0.3, -0.25) is 9.59 Å². The van der Waals surface area contributed by atoms with E-state index in [1.807, 2.05) is 13.8 Å². The maximum atomic E-state index is 12.7. The first-order valence-corrected chi connectivity index (χ1v) is 9.59. The molecule has 0 spiro atoms. The van der Waals surface area contributed by atoms with E-state index >= 15 is 0 Å². The van der Waals surface area contributed by atoms with Gasteiger partial charge < -0.3 is 20.1 Å². The van der Waals surface area contributed by atoms with E-state index in [1.165, 1.54) is 6.08 Å². The van der Waals surface area contributed by atoms with Crippen molar-refractivity contribution in [3.8, 4) is 0 Å². The molecule has 7 heteroatoms. The molecular formula is C20H34N2O5. The smallest absolute Gasteiger partial charge is 0.329 e. The first kappa shape index (κ1) is 23.1. The lowest BCUT2D eigenvalue weighted by atomic mass is 10.0. The fourth-order valence-corrected chi connectivity index (χ4v) is 2.46. The van der Waals surface area contributed by atoms with Gasteiger partial charge in [0.2, 0.25) is 5.91 Å². The molecule has 27 heavy (non-hydrogen) atoms. The summed E-state index contributed by atoms with van der Waals surface area (Å²) in [5.74, 6) is -1.27. The average Bonchev–Trinajstić information content (AvgIpc) is 3.36. The predicted molar refractivity (Wildman–Crippen MR) is 103 cm³/mol. The van der Waals surface area contributed by atoms with Gasteiger partial charge in [-0.2, -0.15) is 0 Å². The second-order valence-corrected chi connectivity index (χ2v) is 8.27. The summed E-state index contributed by atoms with van der Waals surface area (Å²) >= 11 is 0. The Morgan fingerprint density at radius 2 is 1.85 bits per heavy atom. The Labute approximate surface area is 162 Å². The van der Waals surface area contributed by atoms with Crippen molar-refractivity contribution in [1.82, 2.24) is 10.6 Å². The van der Waals surface area contributed by atoms with Gasteiger partial charge in [-0.15, -0.1) is 0 Å². The molecule has 0 aliphatic heterocycles. The molecule has 2 N–H and O–H groups in total. The molecule has 1 saturated carbocycles. The molecule has 0 bridgehead atoms. The number of carbonyl (C=O) groups excluding carboxylic acids is 3. The van der Waals surface area contributed by atoms with Crippen LogP contribution in [0.25, 0.3) is 0 Å². The summed E-state index contributed by atoms with van der Waals surface area (Å²) in [6.07, 6.45) is 3.93. The van der Waals surface area contributed by atoms with Crippen molar-refractivity contribution in [2.24, 2.45) is 5.92 Å². The molecule has 0 saturated heterocycles. The fourth-order valence-electron chi connectivity index (χ4n) is 2.46. The summed E-state index contributed by atoms with van der Waals surface area (Å²) in [5.41, 5.74) is -0.559. The summed E-state index contributed by atoms with van der Waals surface area (Å²) < 4.78 is 10.4. The SMILES string of the molecule is C=CCOC(=O)[C@@H](NC(=O)[C@H](CCC(=O)OC(C)(C)C)NC1CC1)C(C)C. The lowest BCUT2D eigenvalue weighted by Gasteiger charge is -2.25. The van der Waals surface area contributed by atoms with Crippen molar-refractivity contribution < 1.29 is 23.9 Å². The molecular weight excluding hydrogens is 348 g/mol. The van der Waals surface area contributed by atoms with Crippen molar-refractivity contribution in [1.29, 1.82) is 0 Å². The summed E-state index contributed by atoms with van der Waals surface area (Å²) in [7, 11) is 0. The van der Waals surface area contributed by atoms with Gasteiger partial charge in [0.25, 0.3) is 0 Å². The minimum absolute atomic E-state index is 0.0975. The molecule has 1 aliphatic rings. The van der Waals surface area contributed by atoms with Crippen LogP contribution < -0.4 is 10.6 Å². The van der Waals surface area contributed by atoms with Crippen molar-refractivity contribution in [2.75, 3.05) is 6.61 Å². The number of nitrogens with one attached hydrogen (secondary N) is 2. The third kappa shape index (κ3) is 9.56. The lowest BCUT2D eigenvalue weighted by molar-refractivity contribution is -0.155. The highest BCUT2D eigenvalue weighted by atomic mass is 16.6. The molecule has 0 aromatic carbocycles. The van der Waals surface area contributed by atoms with E-state index in [4.69, 9.17) is 9.47 Å². The Morgan fingerprint density at radius 3 is 2.33 bits per heavy atom. The maximum absolute atomic E-state index is 12.7. The second kappa shape index (κ2) is 10.4. The van der Waals surface area contributed by atoms with Crippen LogP contribution in [-0.2, 0) is 23.9 Å². The van der Waals surface area contributed by atoms with Gasteiger partial charge in [0.1, 0.15) is 18.2 Å². The third-order valence-electron chi connectivity index (χ3n) is 3.95. The number of hydrogen-bond acceptors (Lipinski definition) is 6. The Hall–Kier alpha value is -1.89. The number of hydrogen-bond donors (Lipinski definition) is 2. The second-order valence-electron chi connectivity index (χ2n) is 8.27. The van der Waals surface area contributed by atoms with Gasteiger partial charge in [-0.1, -0.05) is 26.5 Å². The molecule has 0 radical (unpaired) electrons. The van der Waals surface area contributed by atoms with Gasteiger partial charge in [0.15, 0.2) is 0 Å². The van der Waals surface area contributed by atoms with E-state index in [0.717, 1.165) is 12.8 Å². The number of amides is 1. The summed E-state index contributed by atoms with van der Waals surface area (Å²) in [6, 6.07) is -1.02. The number of ether oxygens (including phenoxy) is 2. The van der Waals surface area contributed by atoms with Crippen LogP contribution in [0.15, 0.2) is 12.7 Å². The monoisotopic (exact) mass is 382 g/mol. The van der Waals surface area contributed by atoms with E-state index in [1.54, 1.807) is 20.8 Å². The topological polar surface area (TPSA) is 93.7 Å². The molecule has 7 nitrogen and oxygen atoms in total. The molecule has 1 rings (SSSR count). The zero-order valence-corrected chi connectivity index (χ0v) is 17.2. The summed E-state index contributed by atoms with van der Waals surface area (Å²) in [5, 5.41) is 6.02. The molecule has 0 aromatic rings. The van der Waals surface area contributed by atoms with Gasteiger partial charge in [-0.05, 0) is 46.0 Å². The van der Waals surface area contributed by atoms with Crippen LogP contribution in [-0.4, -0.2) is 48.2 Å². The van der Waals surface area contributed by atoms with Crippen LogP contribution >= 0.6 is 0 Å². The number of esters is 2. The van der Waals surface area contributed by atoms with Crippen LogP contribution in [0.3, 0.4) is 0 Å². The van der Waals surface area contributed by atoms with E-state index < -0.39 is 23.7 Å². The van der Waals surface area contributed by atoms with Crippen LogP contribution in [0.5, 0.6) is 0 Å². The molecule has 2 atom stereocenters. The molecule has 0 aromatic heterocycles. The van der Waals surface area contributed by atoms with Crippen LogP contribution in [0.1, 0.15) is 60.3 Å². The number of carbonyl (C=O) groups is 3.